The first-order valence-corrected chi connectivity index (χ1v) is 11.1. The highest BCUT2D eigenvalue weighted by Crippen LogP contribution is 2.42. The number of hydrogen-bond acceptors (Lipinski definition) is 3. The summed E-state index contributed by atoms with van der Waals surface area (Å²) in [6, 6.07) is 21.2. The molecule has 4 aromatic carbocycles. The van der Waals surface area contributed by atoms with E-state index in [2.05, 4.69) is 64.8 Å². The summed E-state index contributed by atoms with van der Waals surface area (Å²) < 4.78 is 5.72. The smallest absolute Gasteiger partial charge is 0.0469 e. The van der Waals surface area contributed by atoms with Gasteiger partial charge in [0.25, 0.3) is 0 Å². The Hall–Kier alpha value is -1.62. The molecule has 0 aliphatic carbocycles. The third-order valence-electron chi connectivity index (χ3n) is 7.14. The zero-order chi connectivity index (χ0) is 19.2. The fraction of sp³-hybridized carbons (Fsp3) is 0.385. The Balaban J connectivity index is 0.00000116. The molecule has 2 heterocycles. The average molecular weight is 457 g/mol. The number of halogens is 2. The molecule has 0 aromatic heterocycles. The Labute approximate surface area is 196 Å². The number of ether oxygens (including phenoxy) is 1. The van der Waals surface area contributed by atoms with Crippen LogP contribution in [0.15, 0.2) is 54.6 Å². The number of hydrogen-bond donors (Lipinski definition) is 1. The van der Waals surface area contributed by atoms with E-state index in [0.717, 1.165) is 52.2 Å². The van der Waals surface area contributed by atoms with Crippen molar-refractivity contribution in [3.8, 4) is 0 Å². The molecule has 164 valence electrons. The minimum absolute atomic E-state index is 0. The molecule has 2 aliphatic heterocycles. The maximum Gasteiger partial charge on any atom is 0.0469 e. The molecule has 31 heavy (non-hydrogen) atoms. The molecule has 0 bridgehead atoms. The van der Waals surface area contributed by atoms with E-state index in [1.165, 1.54) is 37.9 Å². The van der Waals surface area contributed by atoms with Crippen molar-refractivity contribution in [1.82, 2.24) is 10.2 Å². The summed E-state index contributed by atoms with van der Waals surface area (Å²) in [7, 11) is 0. The van der Waals surface area contributed by atoms with E-state index in [1.807, 2.05) is 0 Å². The highest BCUT2D eigenvalue weighted by atomic mass is 35.5. The minimum atomic E-state index is 0. The Morgan fingerprint density at radius 3 is 2.10 bits per heavy atom. The number of benzene rings is 4. The molecular weight excluding hydrogens is 427 g/mol. The molecule has 2 aliphatic rings. The molecular formula is C26H30Cl2N2O. The van der Waals surface area contributed by atoms with Crippen molar-refractivity contribution >= 4 is 57.1 Å². The number of nitrogens with one attached hydrogen (secondary N) is 1. The van der Waals surface area contributed by atoms with Crippen LogP contribution < -0.4 is 5.32 Å². The molecule has 0 saturated carbocycles. The number of piperazine rings is 1. The van der Waals surface area contributed by atoms with E-state index in [0.29, 0.717) is 12.0 Å². The van der Waals surface area contributed by atoms with Crippen molar-refractivity contribution in [3.63, 3.8) is 0 Å². The molecule has 0 unspecified atom stereocenters. The predicted molar refractivity (Wildman–Crippen MR) is 135 cm³/mol. The standard InChI is InChI=1S/C26H28N2O.2ClH/c1-2-18-4-5-20-7-9-23(22-8-6-19(3-1)24(18)25(20)22)26(21-10-16-29-17-11-21)28-14-12-27-13-15-28;;/h1-9,21,26-27H,10-17H2;2*1H/t26-;;/m1../s1. The van der Waals surface area contributed by atoms with Gasteiger partial charge in [-0.15, -0.1) is 24.8 Å². The minimum Gasteiger partial charge on any atom is -0.381 e. The summed E-state index contributed by atoms with van der Waals surface area (Å²) in [5.74, 6) is 0.667. The molecule has 1 atom stereocenters. The number of rotatable bonds is 3. The van der Waals surface area contributed by atoms with Crippen molar-refractivity contribution in [2.24, 2.45) is 5.92 Å². The lowest BCUT2D eigenvalue weighted by Gasteiger charge is -2.41. The molecule has 5 heteroatoms. The Morgan fingerprint density at radius 1 is 0.774 bits per heavy atom. The van der Waals surface area contributed by atoms with Crippen molar-refractivity contribution < 1.29 is 4.74 Å². The molecule has 0 radical (unpaired) electrons. The SMILES string of the molecule is Cl.Cl.c1cc2ccc3ccc([C@@H](C4CCOCC4)N4CCNCC4)c4ccc(c1)c2c34. The molecule has 2 fully saturated rings. The average Bonchev–Trinajstić information content (AvgIpc) is 2.80. The highest BCUT2D eigenvalue weighted by molar-refractivity contribution is 6.23. The van der Waals surface area contributed by atoms with Gasteiger partial charge in [0.2, 0.25) is 0 Å². The van der Waals surface area contributed by atoms with Crippen molar-refractivity contribution in [2.45, 2.75) is 18.9 Å². The fourth-order valence-electron chi connectivity index (χ4n) is 5.76. The summed E-state index contributed by atoms with van der Waals surface area (Å²) in [5, 5.41) is 11.9. The fourth-order valence-corrected chi connectivity index (χ4v) is 5.76. The second-order valence-corrected chi connectivity index (χ2v) is 8.69. The Bertz CT molecular complexity index is 1120. The summed E-state index contributed by atoms with van der Waals surface area (Å²) in [4.78, 5) is 2.73. The summed E-state index contributed by atoms with van der Waals surface area (Å²) in [6.07, 6.45) is 2.33. The van der Waals surface area contributed by atoms with Gasteiger partial charge in [-0.3, -0.25) is 4.90 Å². The second kappa shape index (κ2) is 9.48. The van der Waals surface area contributed by atoms with Crippen LogP contribution >= 0.6 is 24.8 Å². The van der Waals surface area contributed by atoms with Gasteiger partial charge in [0.1, 0.15) is 0 Å². The monoisotopic (exact) mass is 456 g/mol. The lowest BCUT2D eigenvalue weighted by Crippen LogP contribution is -2.47. The normalized spacial score (nSPS) is 19.4. The van der Waals surface area contributed by atoms with E-state index in [4.69, 9.17) is 4.74 Å². The quantitative estimate of drug-likeness (QED) is 0.394. The molecule has 3 nitrogen and oxygen atoms in total. The van der Waals surface area contributed by atoms with Gasteiger partial charge in [0, 0.05) is 45.4 Å². The Kier molecular flexibility index (Phi) is 6.90. The zero-order valence-electron chi connectivity index (χ0n) is 17.7. The van der Waals surface area contributed by atoms with Gasteiger partial charge in [-0.2, -0.15) is 0 Å². The van der Waals surface area contributed by atoms with Crippen molar-refractivity contribution in [2.75, 3.05) is 39.4 Å². The lowest BCUT2D eigenvalue weighted by molar-refractivity contribution is 0.0217. The maximum atomic E-state index is 5.72. The van der Waals surface area contributed by atoms with Crippen molar-refractivity contribution in [3.05, 3.63) is 60.2 Å². The van der Waals surface area contributed by atoms with Gasteiger partial charge in [0.05, 0.1) is 0 Å². The zero-order valence-corrected chi connectivity index (χ0v) is 19.3. The van der Waals surface area contributed by atoms with Gasteiger partial charge in [-0.1, -0.05) is 54.6 Å². The first-order valence-electron chi connectivity index (χ1n) is 11.1. The van der Waals surface area contributed by atoms with Crippen LogP contribution in [0.2, 0.25) is 0 Å². The van der Waals surface area contributed by atoms with Gasteiger partial charge in [0.15, 0.2) is 0 Å². The van der Waals surface area contributed by atoms with Gasteiger partial charge in [-0.05, 0) is 56.6 Å². The van der Waals surface area contributed by atoms with Crippen LogP contribution in [-0.2, 0) is 4.74 Å². The van der Waals surface area contributed by atoms with Crippen LogP contribution in [0, 0.1) is 5.92 Å². The van der Waals surface area contributed by atoms with Crippen LogP contribution in [0.1, 0.15) is 24.4 Å². The molecule has 1 N–H and O–H groups in total. The molecule has 0 spiro atoms. The predicted octanol–water partition coefficient (Wildman–Crippen LogP) is 5.80. The summed E-state index contributed by atoms with van der Waals surface area (Å²) >= 11 is 0. The third-order valence-corrected chi connectivity index (χ3v) is 7.14. The van der Waals surface area contributed by atoms with Crippen LogP contribution in [-0.4, -0.2) is 44.3 Å². The van der Waals surface area contributed by atoms with E-state index in [1.54, 1.807) is 0 Å². The van der Waals surface area contributed by atoms with Crippen LogP contribution in [0.3, 0.4) is 0 Å². The maximum absolute atomic E-state index is 5.72. The number of nitrogens with zero attached hydrogens (tertiary/aromatic N) is 1. The molecule has 6 rings (SSSR count). The van der Waals surface area contributed by atoms with Crippen LogP contribution in [0.25, 0.3) is 32.3 Å². The summed E-state index contributed by atoms with van der Waals surface area (Å²) in [5.41, 5.74) is 1.52. The van der Waals surface area contributed by atoms with Crippen LogP contribution in [0.5, 0.6) is 0 Å². The van der Waals surface area contributed by atoms with Crippen molar-refractivity contribution in [1.29, 1.82) is 0 Å². The topological polar surface area (TPSA) is 24.5 Å². The highest BCUT2D eigenvalue weighted by Gasteiger charge is 2.32. The van der Waals surface area contributed by atoms with Gasteiger partial charge < -0.3 is 10.1 Å². The third kappa shape index (κ3) is 3.88. The van der Waals surface area contributed by atoms with E-state index in [-0.39, 0.29) is 24.8 Å². The summed E-state index contributed by atoms with van der Waals surface area (Å²) in [6.45, 7) is 6.24. The first kappa shape index (κ1) is 22.6. The molecule has 0 amide bonds. The van der Waals surface area contributed by atoms with Gasteiger partial charge >= 0.3 is 0 Å². The van der Waals surface area contributed by atoms with Crippen LogP contribution in [0.4, 0.5) is 0 Å². The van der Waals surface area contributed by atoms with E-state index >= 15 is 0 Å². The molecule has 4 aromatic rings. The molecule has 2 saturated heterocycles. The first-order chi connectivity index (χ1) is 14.4. The van der Waals surface area contributed by atoms with E-state index in [9.17, 15) is 0 Å². The lowest BCUT2D eigenvalue weighted by atomic mass is 9.82. The van der Waals surface area contributed by atoms with Gasteiger partial charge in [-0.25, -0.2) is 0 Å². The second-order valence-electron chi connectivity index (χ2n) is 8.69. The largest absolute Gasteiger partial charge is 0.381 e. The van der Waals surface area contributed by atoms with E-state index < -0.39 is 0 Å². The Morgan fingerprint density at radius 2 is 1.39 bits per heavy atom.